The van der Waals surface area contributed by atoms with Crippen molar-refractivity contribution in [3.05, 3.63) is 0 Å². The minimum Gasteiger partial charge on any atom is -0.362 e. The Labute approximate surface area is 108 Å². The van der Waals surface area contributed by atoms with E-state index in [4.69, 9.17) is 12.2 Å². The Hall–Kier alpha value is 0.0400. The third-order valence-electron chi connectivity index (χ3n) is 3.45. The summed E-state index contributed by atoms with van der Waals surface area (Å²) in [4.78, 5) is 0. The maximum Gasteiger partial charge on any atom is 0.166 e. The Morgan fingerprint density at radius 2 is 1.88 bits per heavy atom. The van der Waals surface area contributed by atoms with E-state index in [1.165, 1.54) is 50.7 Å². The van der Waals surface area contributed by atoms with Gasteiger partial charge in [0.15, 0.2) is 5.11 Å². The number of nitrogens with one attached hydrogen (secondary N) is 2. The van der Waals surface area contributed by atoms with Crippen molar-refractivity contribution in [2.24, 2.45) is 0 Å². The summed E-state index contributed by atoms with van der Waals surface area (Å²) in [7, 11) is 0. The third-order valence-corrected chi connectivity index (χ3v) is 5.12. The Balaban J connectivity index is 1.59. The van der Waals surface area contributed by atoms with Crippen LogP contribution in [0, 0.1) is 0 Å². The van der Waals surface area contributed by atoms with E-state index in [9.17, 15) is 0 Å². The standard InChI is InChI=1S/C12H22N2S2/c15-12(14-10-5-1-2-6-10)13-9-11-7-3-4-8-16-11/h10-11H,1-9H2,(H2,13,14,15). The first-order valence-electron chi connectivity index (χ1n) is 6.50. The minimum atomic E-state index is 0.638. The van der Waals surface area contributed by atoms with Crippen LogP contribution < -0.4 is 10.6 Å². The first-order chi connectivity index (χ1) is 7.84. The average molecular weight is 258 g/mol. The molecule has 1 heterocycles. The summed E-state index contributed by atoms with van der Waals surface area (Å²) >= 11 is 7.43. The predicted octanol–water partition coefficient (Wildman–Crippen LogP) is 2.68. The Morgan fingerprint density at radius 1 is 1.12 bits per heavy atom. The van der Waals surface area contributed by atoms with Crippen molar-refractivity contribution in [1.82, 2.24) is 10.6 Å². The molecule has 92 valence electrons. The highest BCUT2D eigenvalue weighted by molar-refractivity contribution is 7.99. The van der Waals surface area contributed by atoms with Gasteiger partial charge in [-0.25, -0.2) is 0 Å². The highest BCUT2D eigenvalue weighted by Gasteiger charge is 2.17. The molecule has 1 atom stereocenters. The summed E-state index contributed by atoms with van der Waals surface area (Å²) in [6.45, 7) is 1.04. The molecule has 1 aliphatic heterocycles. The van der Waals surface area contributed by atoms with E-state index in [0.29, 0.717) is 6.04 Å². The van der Waals surface area contributed by atoms with Crippen LogP contribution in [0.4, 0.5) is 0 Å². The summed E-state index contributed by atoms with van der Waals surface area (Å²) in [6, 6.07) is 0.638. The molecule has 1 unspecified atom stereocenters. The van der Waals surface area contributed by atoms with Crippen LogP contribution in [0.2, 0.25) is 0 Å². The summed E-state index contributed by atoms with van der Waals surface area (Å²) < 4.78 is 0. The lowest BCUT2D eigenvalue weighted by Gasteiger charge is -2.23. The molecule has 1 aliphatic carbocycles. The smallest absolute Gasteiger partial charge is 0.166 e. The van der Waals surface area contributed by atoms with E-state index >= 15 is 0 Å². The van der Waals surface area contributed by atoms with Crippen molar-refractivity contribution < 1.29 is 0 Å². The summed E-state index contributed by atoms with van der Waals surface area (Å²) in [5, 5.41) is 8.46. The molecule has 0 bridgehead atoms. The largest absolute Gasteiger partial charge is 0.362 e. The SMILES string of the molecule is S=C(NCC1CCCCS1)NC1CCCC1. The zero-order valence-corrected chi connectivity index (χ0v) is 11.5. The number of thiocarbonyl (C=S) groups is 1. The molecule has 0 amide bonds. The van der Waals surface area contributed by atoms with Crippen LogP contribution in [-0.4, -0.2) is 28.7 Å². The van der Waals surface area contributed by atoms with E-state index in [-0.39, 0.29) is 0 Å². The maximum atomic E-state index is 5.33. The first kappa shape index (κ1) is 12.5. The van der Waals surface area contributed by atoms with Gasteiger partial charge < -0.3 is 10.6 Å². The van der Waals surface area contributed by atoms with Gasteiger partial charge in [-0.2, -0.15) is 11.8 Å². The second kappa shape index (κ2) is 6.70. The molecule has 16 heavy (non-hydrogen) atoms. The van der Waals surface area contributed by atoms with Gasteiger partial charge in [0.1, 0.15) is 0 Å². The molecule has 2 N–H and O–H groups in total. The molecule has 1 saturated heterocycles. The van der Waals surface area contributed by atoms with E-state index in [2.05, 4.69) is 22.4 Å². The van der Waals surface area contributed by atoms with Gasteiger partial charge in [0.25, 0.3) is 0 Å². The van der Waals surface area contributed by atoms with E-state index in [0.717, 1.165) is 16.9 Å². The number of hydrogen-bond donors (Lipinski definition) is 2. The number of thioether (sulfide) groups is 1. The van der Waals surface area contributed by atoms with E-state index < -0.39 is 0 Å². The highest BCUT2D eigenvalue weighted by Crippen LogP contribution is 2.24. The number of rotatable bonds is 3. The van der Waals surface area contributed by atoms with E-state index in [1.807, 2.05) is 0 Å². The summed E-state index contributed by atoms with van der Waals surface area (Å²) in [6.07, 6.45) is 9.44. The molecule has 4 heteroatoms. The molecular weight excluding hydrogens is 236 g/mol. The van der Waals surface area contributed by atoms with Crippen LogP contribution in [0.25, 0.3) is 0 Å². The second-order valence-corrected chi connectivity index (χ2v) is 6.64. The molecule has 0 aromatic rings. The lowest BCUT2D eigenvalue weighted by molar-refractivity contribution is 0.608. The van der Waals surface area contributed by atoms with Crippen LogP contribution in [0.3, 0.4) is 0 Å². The minimum absolute atomic E-state index is 0.638. The van der Waals surface area contributed by atoms with Crippen LogP contribution in [0.5, 0.6) is 0 Å². The fourth-order valence-corrected chi connectivity index (χ4v) is 3.97. The molecule has 2 rings (SSSR count). The predicted molar refractivity (Wildman–Crippen MR) is 76.1 cm³/mol. The summed E-state index contributed by atoms with van der Waals surface area (Å²) in [5.41, 5.74) is 0. The molecule has 2 nitrogen and oxygen atoms in total. The van der Waals surface area contributed by atoms with Crippen LogP contribution in [0.1, 0.15) is 44.9 Å². The Morgan fingerprint density at radius 3 is 2.56 bits per heavy atom. The molecule has 0 spiro atoms. The topological polar surface area (TPSA) is 24.1 Å². The molecule has 2 fully saturated rings. The van der Waals surface area contributed by atoms with Gasteiger partial charge in [-0.05, 0) is 43.7 Å². The zero-order chi connectivity index (χ0) is 11.2. The van der Waals surface area contributed by atoms with Crippen molar-refractivity contribution >= 4 is 29.1 Å². The fraction of sp³-hybridized carbons (Fsp3) is 0.917. The van der Waals surface area contributed by atoms with Crippen molar-refractivity contribution in [1.29, 1.82) is 0 Å². The lowest BCUT2D eigenvalue weighted by atomic mass is 10.2. The normalized spacial score (nSPS) is 26.6. The molecule has 0 radical (unpaired) electrons. The van der Waals surface area contributed by atoms with Gasteiger partial charge in [-0.1, -0.05) is 19.3 Å². The Kier molecular flexibility index (Phi) is 5.23. The van der Waals surface area contributed by atoms with Gasteiger partial charge in [0, 0.05) is 17.8 Å². The lowest BCUT2D eigenvalue weighted by Crippen LogP contribution is -2.43. The van der Waals surface area contributed by atoms with Gasteiger partial charge in [-0.3, -0.25) is 0 Å². The first-order valence-corrected chi connectivity index (χ1v) is 7.96. The fourth-order valence-electron chi connectivity index (χ4n) is 2.48. The zero-order valence-electron chi connectivity index (χ0n) is 9.84. The van der Waals surface area contributed by atoms with Crippen molar-refractivity contribution in [2.75, 3.05) is 12.3 Å². The average Bonchev–Trinajstić information content (AvgIpc) is 2.81. The summed E-state index contributed by atoms with van der Waals surface area (Å²) in [5.74, 6) is 1.33. The van der Waals surface area contributed by atoms with Gasteiger partial charge in [0.2, 0.25) is 0 Å². The van der Waals surface area contributed by atoms with Crippen molar-refractivity contribution in [3.8, 4) is 0 Å². The molecule has 0 aromatic heterocycles. The van der Waals surface area contributed by atoms with E-state index in [1.54, 1.807) is 0 Å². The molecular formula is C12H22N2S2. The molecule has 1 saturated carbocycles. The van der Waals surface area contributed by atoms with Gasteiger partial charge in [-0.15, -0.1) is 0 Å². The van der Waals surface area contributed by atoms with Crippen LogP contribution in [0.15, 0.2) is 0 Å². The van der Waals surface area contributed by atoms with Crippen LogP contribution >= 0.6 is 24.0 Å². The quantitative estimate of drug-likeness (QED) is 0.760. The van der Waals surface area contributed by atoms with Crippen molar-refractivity contribution in [3.63, 3.8) is 0 Å². The highest BCUT2D eigenvalue weighted by atomic mass is 32.2. The maximum absolute atomic E-state index is 5.33. The van der Waals surface area contributed by atoms with Gasteiger partial charge >= 0.3 is 0 Å². The monoisotopic (exact) mass is 258 g/mol. The van der Waals surface area contributed by atoms with Crippen molar-refractivity contribution in [2.45, 2.75) is 56.2 Å². The molecule has 2 aliphatic rings. The van der Waals surface area contributed by atoms with Gasteiger partial charge in [0.05, 0.1) is 0 Å². The second-order valence-electron chi connectivity index (χ2n) is 4.82. The third kappa shape index (κ3) is 4.13. The van der Waals surface area contributed by atoms with Crippen LogP contribution in [-0.2, 0) is 0 Å². The molecule has 0 aromatic carbocycles. The Bertz CT molecular complexity index is 221. The number of hydrogen-bond acceptors (Lipinski definition) is 2.